The lowest BCUT2D eigenvalue weighted by molar-refractivity contribution is 0.0387. The minimum Gasteiger partial charge on any atom is -0.460 e. The quantitative estimate of drug-likeness (QED) is 0.465. The molecule has 4 rings (SSSR count). The number of H-pyrrole nitrogens is 1. The van der Waals surface area contributed by atoms with E-state index >= 15 is 0 Å². The van der Waals surface area contributed by atoms with Gasteiger partial charge >= 0.3 is 5.97 Å². The van der Waals surface area contributed by atoms with Crippen molar-refractivity contribution in [2.45, 2.75) is 32.6 Å². The van der Waals surface area contributed by atoms with Crippen LogP contribution in [0.5, 0.6) is 0 Å². The minimum absolute atomic E-state index is 0.154. The number of carbonyl (C=O) groups is 2. The van der Waals surface area contributed by atoms with Gasteiger partial charge in [-0.15, -0.1) is 0 Å². The number of nitrogens with zero attached hydrogens (tertiary/aromatic N) is 1. The summed E-state index contributed by atoms with van der Waals surface area (Å²) in [7, 11) is 1.53. The number of ether oxygens (including phenoxy) is 2. The average Bonchev–Trinajstić information content (AvgIpc) is 3.38. The number of aromatic amines is 1. The van der Waals surface area contributed by atoms with Crippen LogP contribution < -0.4 is 5.32 Å². The van der Waals surface area contributed by atoms with Gasteiger partial charge in [0.05, 0.1) is 12.2 Å². The Hall–Kier alpha value is -3.13. The Morgan fingerprint density at radius 2 is 2.07 bits per heavy atom. The van der Waals surface area contributed by atoms with Crippen molar-refractivity contribution in [3.63, 3.8) is 0 Å². The standard InChI is InChI=1S/C21H23N3O5/c1-11-17(21(26)28-9-8-27-3)12(2)22-18(11)19(25)23-14-6-7-16-15(10-14)24-20(29-16)13-4-5-13/h6-7,10,13,22H,4-5,8-9H2,1-3H3,(H,23,25). The lowest BCUT2D eigenvalue weighted by atomic mass is 10.1. The van der Waals surface area contributed by atoms with Gasteiger partial charge in [0, 0.05) is 24.4 Å². The number of nitrogens with one attached hydrogen (secondary N) is 2. The predicted molar refractivity (Wildman–Crippen MR) is 106 cm³/mol. The van der Waals surface area contributed by atoms with Crippen LogP contribution in [0.3, 0.4) is 0 Å². The van der Waals surface area contributed by atoms with Crippen LogP contribution in [0.15, 0.2) is 22.6 Å². The molecule has 1 aliphatic carbocycles. The predicted octanol–water partition coefficient (Wildman–Crippen LogP) is 3.71. The molecule has 152 valence electrons. The number of anilines is 1. The Morgan fingerprint density at radius 1 is 1.28 bits per heavy atom. The molecule has 2 N–H and O–H groups in total. The first kappa shape index (κ1) is 19.2. The summed E-state index contributed by atoms with van der Waals surface area (Å²) < 4.78 is 15.8. The van der Waals surface area contributed by atoms with Gasteiger partial charge in [0.2, 0.25) is 0 Å². The molecule has 0 unspecified atom stereocenters. The van der Waals surface area contributed by atoms with Gasteiger partial charge in [0.25, 0.3) is 5.91 Å². The number of carbonyl (C=O) groups excluding carboxylic acids is 2. The van der Waals surface area contributed by atoms with Crippen molar-refractivity contribution in [2.24, 2.45) is 0 Å². The fourth-order valence-electron chi connectivity index (χ4n) is 3.29. The third-order valence-corrected chi connectivity index (χ3v) is 4.98. The van der Waals surface area contributed by atoms with E-state index < -0.39 is 5.97 Å². The van der Waals surface area contributed by atoms with Gasteiger partial charge in [-0.05, 0) is 50.5 Å². The molecule has 29 heavy (non-hydrogen) atoms. The average molecular weight is 397 g/mol. The number of hydrogen-bond acceptors (Lipinski definition) is 6. The molecule has 0 spiro atoms. The van der Waals surface area contributed by atoms with Crippen LogP contribution in [0.1, 0.15) is 56.8 Å². The highest BCUT2D eigenvalue weighted by molar-refractivity contribution is 6.07. The van der Waals surface area contributed by atoms with Gasteiger partial charge in [-0.25, -0.2) is 9.78 Å². The lowest BCUT2D eigenvalue weighted by Crippen LogP contribution is -2.14. The van der Waals surface area contributed by atoms with Crippen LogP contribution >= 0.6 is 0 Å². The number of fused-ring (bicyclic) bond motifs is 1. The number of oxazole rings is 1. The van der Waals surface area contributed by atoms with Crippen LogP contribution in [-0.2, 0) is 9.47 Å². The maximum Gasteiger partial charge on any atom is 0.340 e. The van der Waals surface area contributed by atoms with Gasteiger partial charge in [-0.3, -0.25) is 4.79 Å². The van der Waals surface area contributed by atoms with Crippen molar-refractivity contribution in [1.82, 2.24) is 9.97 Å². The van der Waals surface area contributed by atoms with Crippen molar-refractivity contribution in [3.05, 3.63) is 46.6 Å². The van der Waals surface area contributed by atoms with Gasteiger partial charge in [0.1, 0.15) is 17.8 Å². The van der Waals surface area contributed by atoms with Gasteiger partial charge in [-0.2, -0.15) is 0 Å². The SMILES string of the molecule is COCCOC(=O)c1c(C)[nH]c(C(=O)Nc2ccc3oc(C4CC4)nc3c2)c1C. The monoisotopic (exact) mass is 397 g/mol. The molecule has 2 heterocycles. The number of esters is 1. The molecular weight excluding hydrogens is 374 g/mol. The molecule has 1 amide bonds. The molecular formula is C21H23N3O5. The first-order valence-electron chi connectivity index (χ1n) is 9.55. The zero-order valence-corrected chi connectivity index (χ0v) is 16.6. The summed E-state index contributed by atoms with van der Waals surface area (Å²) in [6, 6.07) is 5.36. The first-order chi connectivity index (χ1) is 14.0. The van der Waals surface area contributed by atoms with E-state index in [1.807, 2.05) is 0 Å². The van der Waals surface area contributed by atoms with Gasteiger partial charge in [0.15, 0.2) is 11.5 Å². The topological polar surface area (TPSA) is 106 Å². The van der Waals surface area contributed by atoms with Crippen molar-refractivity contribution in [2.75, 3.05) is 25.6 Å². The zero-order valence-electron chi connectivity index (χ0n) is 16.6. The molecule has 1 saturated carbocycles. The second-order valence-corrected chi connectivity index (χ2v) is 7.22. The maximum atomic E-state index is 12.8. The van der Waals surface area contributed by atoms with Crippen molar-refractivity contribution in [1.29, 1.82) is 0 Å². The molecule has 0 bridgehead atoms. The van der Waals surface area contributed by atoms with E-state index in [9.17, 15) is 9.59 Å². The van der Waals surface area contributed by atoms with Crippen LogP contribution in [0.2, 0.25) is 0 Å². The molecule has 0 aliphatic heterocycles. The van der Waals surface area contributed by atoms with E-state index in [4.69, 9.17) is 13.9 Å². The van der Waals surface area contributed by atoms with E-state index in [0.29, 0.717) is 51.8 Å². The Labute approximate surface area is 167 Å². The molecule has 3 aromatic rings. The van der Waals surface area contributed by atoms with E-state index in [0.717, 1.165) is 18.7 Å². The molecule has 2 aromatic heterocycles. The fourth-order valence-corrected chi connectivity index (χ4v) is 3.29. The number of amides is 1. The summed E-state index contributed by atoms with van der Waals surface area (Å²) in [6.45, 7) is 3.92. The molecule has 0 atom stereocenters. The van der Waals surface area contributed by atoms with Gasteiger partial charge < -0.3 is 24.2 Å². The smallest absolute Gasteiger partial charge is 0.340 e. The molecule has 8 heteroatoms. The number of methoxy groups -OCH3 is 1. The summed E-state index contributed by atoms with van der Waals surface area (Å²) in [5.74, 6) is 0.360. The highest BCUT2D eigenvalue weighted by atomic mass is 16.6. The molecule has 1 aliphatic rings. The number of rotatable bonds is 7. The Kier molecular flexibility index (Phi) is 5.10. The largest absolute Gasteiger partial charge is 0.460 e. The molecule has 0 saturated heterocycles. The lowest BCUT2D eigenvalue weighted by Gasteiger charge is -2.06. The molecule has 1 aromatic carbocycles. The summed E-state index contributed by atoms with van der Waals surface area (Å²) in [6.07, 6.45) is 2.22. The highest BCUT2D eigenvalue weighted by Gasteiger charge is 2.29. The minimum atomic E-state index is -0.482. The van der Waals surface area contributed by atoms with Crippen LogP contribution in [0.4, 0.5) is 5.69 Å². The first-order valence-corrected chi connectivity index (χ1v) is 9.55. The van der Waals surface area contributed by atoms with Crippen molar-refractivity contribution in [3.8, 4) is 0 Å². The zero-order chi connectivity index (χ0) is 20.5. The van der Waals surface area contributed by atoms with E-state index in [1.165, 1.54) is 7.11 Å². The Balaban J connectivity index is 1.51. The number of aromatic nitrogens is 2. The van der Waals surface area contributed by atoms with Crippen LogP contribution in [-0.4, -0.2) is 42.2 Å². The highest BCUT2D eigenvalue weighted by Crippen LogP contribution is 2.40. The third kappa shape index (κ3) is 3.88. The van der Waals surface area contributed by atoms with E-state index in [-0.39, 0.29) is 12.5 Å². The molecule has 0 radical (unpaired) electrons. The molecule has 8 nitrogen and oxygen atoms in total. The Bertz CT molecular complexity index is 1080. The number of hydrogen-bond donors (Lipinski definition) is 2. The van der Waals surface area contributed by atoms with E-state index in [1.54, 1.807) is 32.0 Å². The third-order valence-electron chi connectivity index (χ3n) is 4.98. The number of aryl methyl sites for hydroxylation is 1. The maximum absolute atomic E-state index is 12.8. The summed E-state index contributed by atoms with van der Waals surface area (Å²) >= 11 is 0. The summed E-state index contributed by atoms with van der Waals surface area (Å²) in [5, 5.41) is 2.85. The summed E-state index contributed by atoms with van der Waals surface area (Å²) in [5.41, 5.74) is 3.84. The number of benzene rings is 1. The van der Waals surface area contributed by atoms with Crippen molar-refractivity contribution < 1.29 is 23.5 Å². The summed E-state index contributed by atoms with van der Waals surface area (Å²) in [4.78, 5) is 32.6. The van der Waals surface area contributed by atoms with E-state index in [2.05, 4.69) is 15.3 Å². The fraction of sp³-hybridized carbons (Fsp3) is 0.381. The molecule has 1 fully saturated rings. The second-order valence-electron chi connectivity index (χ2n) is 7.22. The second kappa shape index (κ2) is 7.71. The normalized spacial score (nSPS) is 13.6. The van der Waals surface area contributed by atoms with Crippen LogP contribution in [0.25, 0.3) is 11.1 Å². The van der Waals surface area contributed by atoms with Crippen LogP contribution in [0, 0.1) is 13.8 Å². The van der Waals surface area contributed by atoms with Crippen molar-refractivity contribution >= 4 is 28.7 Å². The Morgan fingerprint density at radius 3 is 2.79 bits per heavy atom. The van der Waals surface area contributed by atoms with Gasteiger partial charge in [-0.1, -0.05) is 0 Å².